The molecule has 3 aliphatic rings. The molecule has 4 nitrogen and oxygen atoms in total. The number of likely N-dealkylation sites (tertiary alicyclic amines) is 1. The normalized spacial score (nSPS) is 36.9. The van der Waals surface area contributed by atoms with Crippen molar-refractivity contribution in [2.45, 2.75) is 50.6 Å². The molecule has 0 radical (unpaired) electrons. The molecule has 0 bridgehead atoms. The number of hydrogen-bond acceptors (Lipinski definition) is 3. The molecule has 2 aliphatic carbocycles. The number of nitrogens with two attached hydrogens (primary N) is 1. The lowest BCUT2D eigenvalue weighted by atomic mass is 9.83. The molecule has 1 unspecified atom stereocenters. The Bertz CT molecular complexity index is 383. The highest BCUT2D eigenvalue weighted by atomic mass is 16.2. The highest BCUT2D eigenvalue weighted by molar-refractivity contribution is 5.83. The van der Waals surface area contributed by atoms with Crippen LogP contribution in [0.25, 0.3) is 0 Å². The zero-order valence-corrected chi connectivity index (χ0v) is 10.7. The number of rotatable bonds is 2. The van der Waals surface area contributed by atoms with Gasteiger partial charge in [0.15, 0.2) is 0 Å². The van der Waals surface area contributed by atoms with Gasteiger partial charge in [-0.05, 0) is 37.0 Å². The third kappa shape index (κ3) is 1.91. The van der Waals surface area contributed by atoms with Crippen LogP contribution in [0, 0.1) is 29.1 Å². The van der Waals surface area contributed by atoms with E-state index in [1.807, 2.05) is 0 Å². The van der Waals surface area contributed by atoms with Crippen molar-refractivity contribution in [1.29, 1.82) is 5.26 Å². The molecule has 0 spiro atoms. The predicted molar refractivity (Wildman–Crippen MR) is 67.3 cm³/mol. The molecular formula is C14H21N3O. The molecule has 4 heteroatoms. The van der Waals surface area contributed by atoms with Crippen LogP contribution in [0.4, 0.5) is 0 Å². The van der Waals surface area contributed by atoms with Crippen LogP contribution in [-0.4, -0.2) is 29.4 Å². The van der Waals surface area contributed by atoms with Gasteiger partial charge in [0.25, 0.3) is 0 Å². The maximum Gasteiger partial charge on any atom is 0.240 e. The second-order valence-electron chi connectivity index (χ2n) is 6.15. The van der Waals surface area contributed by atoms with Gasteiger partial charge < -0.3 is 10.6 Å². The molecule has 1 saturated heterocycles. The van der Waals surface area contributed by atoms with Gasteiger partial charge in [-0.25, -0.2) is 0 Å². The minimum atomic E-state index is -0.376. The van der Waals surface area contributed by atoms with E-state index in [1.165, 1.54) is 19.3 Å². The Hall–Kier alpha value is -1.08. The molecule has 3 fully saturated rings. The molecule has 2 saturated carbocycles. The third-order valence-electron chi connectivity index (χ3n) is 5.01. The maximum absolute atomic E-state index is 12.4. The standard InChI is InChI=1S/C14H21N3O/c15-7-12-11-6-10(11)8-17(12)14(18)13(16)9-4-2-1-3-5-9/h9-13H,1-6,8,16H2/t10?,11-,12-,13+/m1/s1. The van der Waals surface area contributed by atoms with Gasteiger partial charge >= 0.3 is 0 Å². The van der Waals surface area contributed by atoms with E-state index in [1.54, 1.807) is 4.90 Å². The van der Waals surface area contributed by atoms with Gasteiger partial charge in [-0.1, -0.05) is 19.3 Å². The van der Waals surface area contributed by atoms with Gasteiger partial charge in [0.2, 0.25) is 5.91 Å². The Morgan fingerprint density at radius 2 is 2.06 bits per heavy atom. The van der Waals surface area contributed by atoms with E-state index in [2.05, 4.69) is 6.07 Å². The van der Waals surface area contributed by atoms with Crippen LogP contribution in [0.2, 0.25) is 0 Å². The highest BCUT2D eigenvalue weighted by Crippen LogP contribution is 2.49. The largest absolute Gasteiger partial charge is 0.325 e. The Kier molecular flexibility index (Phi) is 3.03. The molecule has 0 aromatic carbocycles. The van der Waals surface area contributed by atoms with Crippen LogP contribution < -0.4 is 5.73 Å². The van der Waals surface area contributed by atoms with Crippen LogP contribution in [0.1, 0.15) is 38.5 Å². The first-order chi connectivity index (χ1) is 8.72. The smallest absolute Gasteiger partial charge is 0.240 e. The lowest BCUT2D eigenvalue weighted by molar-refractivity contribution is -0.134. The lowest BCUT2D eigenvalue weighted by Crippen LogP contribution is -2.50. The Morgan fingerprint density at radius 3 is 2.72 bits per heavy atom. The first kappa shape index (κ1) is 12.0. The molecule has 4 atom stereocenters. The molecule has 2 N–H and O–H groups in total. The van der Waals surface area contributed by atoms with Crippen molar-refractivity contribution >= 4 is 5.91 Å². The first-order valence-corrected chi connectivity index (χ1v) is 7.18. The first-order valence-electron chi connectivity index (χ1n) is 7.18. The molecular weight excluding hydrogens is 226 g/mol. The Morgan fingerprint density at radius 1 is 1.33 bits per heavy atom. The average molecular weight is 247 g/mol. The number of hydrogen-bond donors (Lipinski definition) is 1. The molecule has 18 heavy (non-hydrogen) atoms. The minimum Gasteiger partial charge on any atom is -0.325 e. The van der Waals surface area contributed by atoms with Crippen LogP contribution in [0.5, 0.6) is 0 Å². The number of carbonyl (C=O) groups is 1. The fourth-order valence-electron chi connectivity index (χ4n) is 3.74. The summed E-state index contributed by atoms with van der Waals surface area (Å²) in [4.78, 5) is 14.2. The summed E-state index contributed by atoms with van der Waals surface area (Å²) in [6.07, 6.45) is 6.93. The van der Waals surface area contributed by atoms with Crippen molar-refractivity contribution in [3.8, 4) is 6.07 Å². The summed E-state index contributed by atoms with van der Waals surface area (Å²) in [7, 11) is 0. The van der Waals surface area contributed by atoms with Gasteiger partial charge in [-0.15, -0.1) is 0 Å². The fraction of sp³-hybridized carbons (Fsp3) is 0.857. The predicted octanol–water partition coefficient (Wildman–Crippen LogP) is 1.26. The van der Waals surface area contributed by atoms with E-state index in [0.717, 1.165) is 25.8 Å². The summed E-state index contributed by atoms with van der Waals surface area (Å²) in [5.41, 5.74) is 6.15. The number of carbonyl (C=O) groups excluding carboxylic acids is 1. The maximum atomic E-state index is 12.4. The summed E-state index contributed by atoms with van der Waals surface area (Å²) in [5.74, 6) is 1.39. The summed E-state index contributed by atoms with van der Waals surface area (Å²) in [6.45, 7) is 0.766. The lowest BCUT2D eigenvalue weighted by Gasteiger charge is -2.31. The summed E-state index contributed by atoms with van der Waals surface area (Å²) in [6, 6.07) is 1.72. The van der Waals surface area contributed by atoms with E-state index in [0.29, 0.717) is 17.8 Å². The van der Waals surface area contributed by atoms with Crippen molar-refractivity contribution in [3.63, 3.8) is 0 Å². The van der Waals surface area contributed by atoms with Gasteiger partial charge in [0.05, 0.1) is 12.1 Å². The van der Waals surface area contributed by atoms with E-state index in [9.17, 15) is 10.1 Å². The molecule has 3 rings (SSSR count). The quantitative estimate of drug-likeness (QED) is 0.798. The van der Waals surface area contributed by atoms with Gasteiger partial charge in [0.1, 0.15) is 6.04 Å². The van der Waals surface area contributed by atoms with Crippen LogP contribution in [0.3, 0.4) is 0 Å². The Balaban J connectivity index is 1.65. The van der Waals surface area contributed by atoms with Crippen LogP contribution in [0.15, 0.2) is 0 Å². The van der Waals surface area contributed by atoms with Gasteiger partial charge in [-0.3, -0.25) is 4.79 Å². The molecule has 0 aromatic rings. The van der Waals surface area contributed by atoms with E-state index >= 15 is 0 Å². The van der Waals surface area contributed by atoms with Gasteiger partial charge in [-0.2, -0.15) is 5.26 Å². The summed E-state index contributed by atoms with van der Waals surface area (Å²) >= 11 is 0. The number of nitrogens with zero attached hydrogens (tertiary/aromatic N) is 2. The second-order valence-corrected chi connectivity index (χ2v) is 6.15. The van der Waals surface area contributed by atoms with Crippen LogP contribution >= 0.6 is 0 Å². The number of amides is 1. The number of nitriles is 1. The molecule has 98 valence electrons. The molecule has 1 aliphatic heterocycles. The zero-order chi connectivity index (χ0) is 12.7. The Labute approximate surface area is 108 Å². The number of fused-ring (bicyclic) bond motifs is 1. The topological polar surface area (TPSA) is 70.1 Å². The van der Waals surface area contributed by atoms with E-state index in [4.69, 9.17) is 5.73 Å². The van der Waals surface area contributed by atoms with Crippen molar-refractivity contribution in [3.05, 3.63) is 0 Å². The van der Waals surface area contributed by atoms with Crippen molar-refractivity contribution in [1.82, 2.24) is 4.90 Å². The van der Waals surface area contributed by atoms with Crippen molar-refractivity contribution < 1.29 is 4.79 Å². The van der Waals surface area contributed by atoms with Gasteiger partial charge in [0, 0.05) is 6.54 Å². The van der Waals surface area contributed by atoms with Crippen LogP contribution in [-0.2, 0) is 4.79 Å². The molecule has 0 aromatic heterocycles. The van der Waals surface area contributed by atoms with E-state index < -0.39 is 0 Å². The SMILES string of the molecule is N#C[C@@H]1[C@@H]2CC2CN1C(=O)[C@@H](N)C1CCCCC1. The summed E-state index contributed by atoms with van der Waals surface area (Å²) in [5, 5.41) is 9.19. The van der Waals surface area contributed by atoms with E-state index in [-0.39, 0.29) is 18.0 Å². The number of piperidine rings is 1. The zero-order valence-electron chi connectivity index (χ0n) is 10.7. The average Bonchev–Trinajstić information content (AvgIpc) is 3.09. The van der Waals surface area contributed by atoms with Crippen molar-refractivity contribution in [2.24, 2.45) is 23.5 Å². The van der Waals surface area contributed by atoms with Crippen molar-refractivity contribution in [2.75, 3.05) is 6.54 Å². The summed E-state index contributed by atoms with van der Waals surface area (Å²) < 4.78 is 0. The second kappa shape index (κ2) is 4.55. The monoisotopic (exact) mass is 247 g/mol. The minimum absolute atomic E-state index is 0.0284. The molecule has 1 amide bonds. The third-order valence-corrected chi connectivity index (χ3v) is 5.01. The highest BCUT2D eigenvalue weighted by Gasteiger charge is 2.55. The fourth-order valence-corrected chi connectivity index (χ4v) is 3.74. The molecule has 1 heterocycles.